The predicted octanol–water partition coefficient (Wildman–Crippen LogP) is 9.46. The molecule has 1 aliphatic rings. The van der Waals surface area contributed by atoms with Crippen LogP contribution < -0.4 is 20.7 Å². The number of benzene rings is 5. The lowest BCUT2D eigenvalue weighted by Crippen LogP contribution is -2.58. The maximum Gasteiger partial charge on any atom is 0.417 e. The van der Waals surface area contributed by atoms with Crippen LogP contribution >= 0.6 is 22.9 Å². The molecule has 3 atom stereocenters. The summed E-state index contributed by atoms with van der Waals surface area (Å²) in [5.41, 5.74) is 6.44. The summed E-state index contributed by atoms with van der Waals surface area (Å²) in [5, 5.41) is 18.8. The van der Waals surface area contributed by atoms with E-state index in [0.29, 0.717) is 103 Å². The van der Waals surface area contributed by atoms with E-state index in [4.69, 9.17) is 44.8 Å². The molecule has 23 heteroatoms. The number of aliphatic hydroxyl groups excluding tert-OH is 1. The fourth-order valence-corrected chi connectivity index (χ4v) is 11.5. The number of ether oxygens (including phenoxy) is 7. The topological polar surface area (TPSA) is 209 Å². The van der Waals surface area contributed by atoms with Gasteiger partial charge in [0.15, 0.2) is 0 Å². The van der Waals surface area contributed by atoms with Gasteiger partial charge in [-0.15, -0.1) is 11.3 Å². The molecule has 0 unspecified atom stereocenters. The van der Waals surface area contributed by atoms with Gasteiger partial charge in [-0.3, -0.25) is 24.1 Å². The first-order valence-electron chi connectivity index (χ1n) is 31.0. The molecule has 498 valence electrons. The lowest BCUT2D eigenvalue weighted by molar-refractivity contribution is -0.144. The summed E-state index contributed by atoms with van der Waals surface area (Å²) in [5.74, 6) is -0.971. The normalized spacial score (nSPS) is 14.6. The van der Waals surface area contributed by atoms with E-state index in [-0.39, 0.29) is 75.1 Å². The number of hydrogen-bond acceptors (Lipinski definition) is 15. The van der Waals surface area contributed by atoms with Gasteiger partial charge in [-0.05, 0) is 70.3 Å². The SMILES string of the molecule is Cc1ncsc1-c1ccc(CNC(=O)[C@@H]2C[C@@H](O)CN2C(=O)[C@@H](NC(=O)COCCOCCOCCOCCOCCOCCNC(=O)Cc2cccc(OCCCN(Cc3cccc(C(F)(F)F)c3Cl)CC(c3ccccc3)c3ccccc3)c2)C(C)(C)C)cc1. The number of β-amino-alcohol motifs (C(OH)–C–C–N with tert-alkyl or cyclic N) is 1. The Morgan fingerprint density at radius 1 is 0.717 bits per heavy atom. The highest BCUT2D eigenvalue weighted by Gasteiger charge is 2.44. The number of aromatic nitrogens is 1. The Morgan fingerprint density at radius 2 is 1.32 bits per heavy atom. The Labute approximate surface area is 546 Å². The van der Waals surface area contributed by atoms with E-state index in [9.17, 15) is 37.5 Å². The Morgan fingerprint density at radius 3 is 1.90 bits per heavy atom. The van der Waals surface area contributed by atoms with Gasteiger partial charge < -0.3 is 59.1 Å². The fourth-order valence-electron chi connectivity index (χ4n) is 10.4. The first kappa shape index (κ1) is 72.6. The van der Waals surface area contributed by atoms with Crippen molar-refractivity contribution in [1.82, 2.24) is 30.7 Å². The van der Waals surface area contributed by atoms with Crippen LogP contribution in [0.1, 0.15) is 78.6 Å². The summed E-state index contributed by atoms with van der Waals surface area (Å²) in [6.45, 7) is 12.6. The third kappa shape index (κ3) is 24.3. The molecule has 0 aliphatic carbocycles. The van der Waals surface area contributed by atoms with Gasteiger partial charge in [-0.2, -0.15) is 13.2 Å². The first-order chi connectivity index (χ1) is 44.3. The molecule has 0 radical (unpaired) electrons. The fraction of sp³-hybridized carbons (Fsp3) is 0.464. The Kier molecular flexibility index (Phi) is 29.8. The van der Waals surface area contributed by atoms with Gasteiger partial charge in [0.2, 0.25) is 23.6 Å². The van der Waals surface area contributed by atoms with Crippen LogP contribution in [0.25, 0.3) is 10.4 Å². The third-order valence-corrected chi connectivity index (χ3v) is 16.6. The molecular formula is C69H86ClF3N6O12S. The average molecular weight is 1320 g/mol. The molecule has 5 aromatic carbocycles. The van der Waals surface area contributed by atoms with E-state index < -0.39 is 47.2 Å². The predicted molar refractivity (Wildman–Crippen MR) is 346 cm³/mol. The monoisotopic (exact) mass is 1310 g/mol. The summed E-state index contributed by atoms with van der Waals surface area (Å²) in [4.78, 5) is 62.1. The second-order valence-corrected chi connectivity index (χ2v) is 24.6. The Hall–Kier alpha value is -6.83. The first-order valence-corrected chi connectivity index (χ1v) is 32.3. The molecule has 92 heavy (non-hydrogen) atoms. The van der Waals surface area contributed by atoms with Crippen molar-refractivity contribution in [1.29, 1.82) is 0 Å². The van der Waals surface area contributed by atoms with E-state index >= 15 is 0 Å². The van der Waals surface area contributed by atoms with Crippen LogP contribution in [0.5, 0.6) is 5.75 Å². The maximum absolute atomic E-state index is 14.0. The minimum atomic E-state index is -4.58. The van der Waals surface area contributed by atoms with Crippen molar-refractivity contribution >= 4 is 46.6 Å². The second-order valence-electron chi connectivity index (χ2n) is 23.3. The van der Waals surface area contributed by atoms with E-state index in [1.54, 1.807) is 22.9 Å². The molecule has 1 fully saturated rings. The summed E-state index contributed by atoms with van der Waals surface area (Å²) in [6.07, 6.45) is -4.67. The molecule has 0 bridgehead atoms. The van der Waals surface area contributed by atoms with E-state index in [2.05, 4.69) is 50.1 Å². The van der Waals surface area contributed by atoms with Gasteiger partial charge in [0.1, 0.15) is 24.4 Å². The van der Waals surface area contributed by atoms with Crippen molar-refractivity contribution in [3.8, 4) is 16.2 Å². The van der Waals surface area contributed by atoms with Crippen LogP contribution in [-0.4, -0.2) is 174 Å². The number of halogens is 4. The minimum Gasteiger partial charge on any atom is -0.494 e. The van der Waals surface area contributed by atoms with E-state index in [0.717, 1.165) is 44.5 Å². The number of amides is 4. The summed E-state index contributed by atoms with van der Waals surface area (Å²) < 4.78 is 81.1. The van der Waals surface area contributed by atoms with Crippen LogP contribution in [0.3, 0.4) is 0 Å². The third-order valence-electron chi connectivity index (χ3n) is 15.1. The zero-order valence-electron chi connectivity index (χ0n) is 52.8. The van der Waals surface area contributed by atoms with Crippen molar-refractivity contribution < 1.29 is 70.6 Å². The summed E-state index contributed by atoms with van der Waals surface area (Å²) in [6, 6.07) is 37.4. The molecule has 7 rings (SSSR count). The Bertz CT molecular complexity index is 3160. The van der Waals surface area contributed by atoms with Crippen LogP contribution in [0, 0.1) is 12.3 Å². The number of thiazole rings is 1. The Balaban J connectivity index is 0.677. The zero-order valence-corrected chi connectivity index (χ0v) is 54.3. The molecule has 0 spiro atoms. The number of nitrogens with one attached hydrogen (secondary N) is 3. The average Bonchev–Trinajstić information content (AvgIpc) is 1.50. The number of likely N-dealkylation sites (tertiary alicyclic amines) is 1. The van der Waals surface area contributed by atoms with Crippen molar-refractivity contribution in [2.24, 2.45) is 5.41 Å². The van der Waals surface area contributed by atoms with Gasteiger partial charge >= 0.3 is 6.18 Å². The van der Waals surface area contributed by atoms with E-state index in [1.807, 2.05) is 113 Å². The molecule has 2 heterocycles. The highest BCUT2D eigenvalue weighted by molar-refractivity contribution is 7.13. The smallest absolute Gasteiger partial charge is 0.417 e. The number of rotatable bonds is 39. The molecule has 4 amide bonds. The molecule has 18 nitrogen and oxygen atoms in total. The molecular weight excluding hydrogens is 1230 g/mol. The standard InChI is InChI=1S/C69H86ClF3N6O12S/c1-49-64(92-48-76-49)54-24-22-50(23-25-54)43-75-66(83)60-42-56(80)45-79(60)67(84)65(68(2,3)4)77-62(82)47-90-39-38-89-37-36-88-35-34-87-33-32-86-31-30-85-29-26-74-61(81)41-51-14-11-20-57(40-51)91-28-13-27-78(44-55-19-12-21-59(63(55)70)69(71,72)73)46-58(52-15-7-5-8-16-52)53-17-9-6-10-18-53/h5-12,14-25,40,48,56,58,60,65,80H,13,26-39,41-47H2,1-4H3,(H,74,81)(H,75,83)(H,77,82)/t56-,60+,65-/m1/s1. The van der Waals surface area contributed by atoms with Crippen molar-refractivity contribution in [3.63, 3.8) is 0 Å². The van der Waals surface area contributed by atoms with Crippen LogP contribution in [0.4, 0.5) is 13.2 Å². The zero-order chi connectivity index (χ0) is 65.7. The number of carbonyl (C=O) groups is 4. The summed E-state index contributed by atoms with van der Waals surface area (Å²) in [7, 11) is 0. The molecule has 1 aromatic heterocycles. The molecule has 6 aromatic rings. The number of aliphatic hydroxyl groups is 1. The lowest BCUT2D eigenvalue weighted by Gasteiger charge is -2.35. The van der Waals surface area contributed by atoms with Crippen LogP contribution in [0.2, 0.25) is 5.02 Å². The van der Waals surface area contributed by atoms with Crippen LogP contribution in [-0.2, 0) is 73.3 Å². The highest BCUT2D eigenvalue weighted by Crippen LogP contribution is 2.37. The number of nitrogens with zero attached hydrogens (tertiary/aromatic N) is 3. The van der Waals surface area contributed by atoms with Crippen molar-refractivity contribution in [2.75, 3.05) is 112 Å². The van der Waals surface area contributed by atoms with Gasteiger partial charge in [-0.25, -0.2) is 4.98 Å². The van der Waals surface area contributed by atoms with Crippen molar-refractivity contribution in [2.45, 2.75) is 90.3 Å². The molecule has 4 N–H and O–H groups in total. The lowest BCUT2D eigenvalue weighted by atomic mass is 9.85. The molecule has 0 saturated carbocycles. The maximum atomic E-state index is 14.0. The van der Waals surface area contributed by atoms with Crippen molar-refractivity contribution in [3.05, 3.63) is 177 Å². The number of hydrogen-bond donors (Lipinski definition) is 4. The second kappa shape index (κ2) is 37.8. The highest BCUT2D eigenvalue weighted by atomic mass is 35.5. The van der Waals surface area contributed by atoms with Gasteiger partial charge in [-0.1, -0.05) is 142 Å². The minimum absolute atomic E-state index is 0.0325. The molecule has 1 saturated heterocycles. The van der Waals surface area contributed by atoms with Crippen LogP contribution in [0.15, 0.2) is 133 Å². The van der Waals surface area contributed by atoms with Gasteiger partial charge in [0.05, 0.1) is 118 Å². The number of aryl methyl sites for hydroxylation is 1. The number of alkyl halides is 3. The van der Waals surface area contributed by atoms with Gasteiger partial charge in [0.25, 0.3) is 0 Å². The van der Waals surface area contributed by atoms with E-state index in [1.165, 1.54) is 11.0 Å². The largest absolute Gasteiger partial charge is 0.494 e. The summed E-state index contributed by atoms with van der Waals surface area (Å²) >= 11 is 7.97. The van der Waals surface area contributed by atoms with Gasteiger partial charge in [0, 0.05) is 51.6 Å². The molecule has 1 aliphatic heterocycles. The number of carbonyl (C=O) groups excluding carboxylic acids is 4. The quantitative estimate of drug-likeness (QED) is 0.0265.